The van der Waals surface area contributed by atoms with Crippen molar-refractivity contribution in [3.8, 4) is 5.75 Å². The molecular formula is C27H35N2O3+. The standard InChI is InChI=1S/C27H35N2O3/c1-29(2,18-19-31-24-16-10-5-11-17-24)21-25-20-28-26(32-25)27(30,22-12-6-3-7-13-22)23-14-8-4-9-15-23/h3,5-7,10-13,16-17,20,23,30H,4,8-9,14-15,18-19,21H2,1-2H3/q+1/t27-/m0/s1. The first-order valence-corrected chi connectivity index (χ1v) is 11.7. The molecule has 0 saturated heterocycles. The van der Waals surface area contributed by atoms with Gasteiger partial charge >= 0.3 is 0 Å². The third-order valence-electron chi connectivity index (χ3n) is 6.58. The van der Waals surface area contributed by atoms with Gasteiger partial charge in [-0.3, -0.25) is 0 Å². The summed E-state index contributed by atoms with van der Waals surface area (Å²) < 4.78 is 12.8. The molecular weight excluding hydrogens is 400 g/mol. The molecule has 1 aliphatic rings. The Morgan fingerprint density at radius 2 is 1.66 bits per heavy atom. The second-order valence-corrected chi connectivity index (χ2v) is 9.58. The summed E-state index contributed by atoms with van der Waals surface area (Å²) in [4.78, 5) is 4.59. The van der Waals surface area contributed by atoms with Crippen molar-refractivity contribution in [2.45, 2.75) is 44.2 Å². The van der Waals surface area contributed by atoms with E-state index < -0.39 is 5.60 Å². The largest absolute Gasteiger partial charge is 0.488 e. The predicted octanol–water partition coefficient (Wildman–Crippen LogP) is 5.15. The number of likely N-dealkylation sites (N-methyl/N-ethyl adjacent to an activating group) is 1. The Labute approximate surface area is 191 Å². The molecule has 5 nitrogen and oxygen atoms in total. The van der Waals surface area contributed by atoms with Crippen LogP contribution in [0.4, 0.5) is 0 Å². The monoisotopic (exact) mass is 435 g/mol. The molecule has 1 aromatic heterocycles. The highest BCUT2D eigenvalue weighted by Crippen LogP contribution is 2.43. The summed E-state index contributed by atoms with van der Waals surface area (Å²) in [7, 11) is 4.31. The number of benzene rings is 2. The molecule has 4 rings (SSSR count). The van der Waals surface area contributed by atoms with Crippen LogP contribution in [0.15, 0.2) is 71.3 Å². The fraction of sp³-hybridized carbons (Fsp3) is 0.444. The normalized spacial score (nSPS) is 17.1. The van der Waals surface area contributed by atoms with Crippen LogP contribution >= 0.6 is 0 Å². The molecule has 1 saturated carbocycles. The van der Waals surface area contributed by atoms with Crippen molar-refractivity contribution >= 4 is 0 Å². The average molecular weight is 436 g/mol. The van der Waals surface area contributed by atoms with Crippen LogP contribution in [-0.4, -0.2) is 41.8 Å². The first kappa shape index (κ1) is 22.6. The van der Waals surface area contributed by atoms with Crippen LogP contribution in [0.2, 0.25) is 0 Å². The zero-order chi connectivity index (χ0) is 22.4. The van der Waals surface area contributed by atoms with Crippen molar-refractivity contribution in [2.75, 3.05) is 27.2 Å². The number of oxazole rings is 1. The maximum absolute atomic E-state index is 12.0. The van der Waals surface area contributed by atoms with Crippen LogP contribution in [-0.2, 0) is 12.1 Å². The van der Waals surface area contributed by atoms with Gasteiger partial charge in [0.2, 0.25) is 5.89 Å². The van der Waals surface area contributed by atoms with Crippen LogP contribution in [0.25, 0.3) is 0 Å². The number of hydrogen-bond donors (Lipinski definition) is 1. The Kier molecular flexibility index (Phi) is 6.97. The summed E-state index contributed by atoms with van der Waals surface area (Å²) in [5.74, 6) is 2.21. The van der Waals surface area contributed by atoms with Crippen molar-refractivity contribution in [1.82, 2.24) is 4.98 Å². The van der Waals surface area contributed by atoms with Crippen molar-refractivity contribution in [3.63, 3.8) is 0 Å². The molecule has 170 valence electrons. The molecule has 5 heteroatoms. The van der Waals surface area contributed by atoms with Crippen molar-refractivity contribution < 1.29 is 18.7 Å². The van der Waals surface area contributed by atoms with E-state index in [0.29, 0.717) is 23.5 Å². The molecule has 0 bridgehead atoms. The molecule has 2 aromatic carbocycles. The topological polar surface area (TPSA) is 55.5 Å². The molecule has 0 spiro atoms. The molecule has 3 aromatic rings. The number of aliphatic hydroxyl groups is 1. The molecule has 1 atom stereocenters. The molecule has 1 aliphatic carbocycles. The highest BCUT2D eigenvalue weighted by molar-refractivity contribution is 5.30. The fourth-order valence-corrected chi connectivity index (χ4v) is 4.73. The predicted molar refractivity (Wildman–Crippen MR) is 125 cm³/mol. The highest BCUT2D eigenvalue weighted by Gasteiger charge is 2.44. The van der Waals surface area contributed by atoms with Gasteiger partial charge in [0.15, 0.2) is 11.4 Å². The summed E-state index contributed by atoms with van der Waals surface area (Å²) in [5, 5.41) is 12.0. The molecule has 0 unspecified atom stereocenters. The zero-order valence-corrected chi connectivity index (χ0v) is 19.2. The second kappa shape index (κ2) is 9.88. The molecule has 32 heavy (non-hydrogen) atoms. The molecule has 1 N–H and O–H groups in total. The molecule has 1 fully saturated rings. The van der Waals surface area contributed by atoms with E-state index in [4.69, 9.17) is 9.15 Å². The van der Waals surface area contributed by atoms with E-state index in [-0.39, 0.29) is 5.92 Å². The minimum Gasteiger partial charge on any atom is -0.488 e. The van der Waals surface area contributed by atoms with E-state index in [1.165, 1.54) is 6.42 Å². The lowest BCUT2D eigenvalue weighted by molar-refractivity contribution is -0.904. The Bertz CT molecular complexity index is 965. The van der Waals surface area contributed by atoms with E-state index in [1.807, 2.05) is 60.7 Å². The third kappa shape index (κ3) is 5.22. The Morgan fingerprint density at radius 1 is 1.00 bits per heavy atom. The lowest BCUT2D eigenvalue weighted by atomic mass is 9.73. The maximum Gasteiger partial charge on any atom is 0.231 e. The number of aromatic nitrogens is 1. The van der Waals surface area contributed by atoms with Gasteiger partial charge in [0.1, 0.15) is 25.4 Å². The van der Waals surface area contributed by atoms with Crippen molar-refractivity contribution in [2.24, 2.45) is 5.92 Å². The van der Waals surface area contributed by atoms with Gasteiger partial charge in [-0.25, -0.2) is 4.98 Å². The van der Waals surface area contributed by atoms with Crippen LogP contribution < -0.4 is 4.74 Å². The van der Waals surface area contributed by atoms with Crippen LogP contribution in [0.5, 0.6) is 5.75 Å². The number of ether oxygens (including phenoxy) is 1. The number of nitrogens with zero attached hydrogens (tertiary/aromatic N) is 2. The number of para-hydroxylation sites is 1. The van der Waals surface area contributed by atoms with Gasteiger partial charge in [-0.1, -0.05) is 67.8 Å². The van der Waals surface area contributed by atoms with E-state index in [9.17, 15) is 5.11 Å². The summed E-state index contributed by atoms with van der Waals surface area (Å²) in [6.07, 6.45) is 7.26. The lowest BCUT2D eigenvalue weighted by Crippen LogP contribution is -2.42. The molecule has 0 aliphatic heterocycles. The smallest absolute Gasteiger partial charge is 0.231 e. The minimum atomic E-state index is -1.19. The number of quaternary nitrogens is 1. The third-order valence-corrected chi connectivity index (χ3v) is 6.58. The lowest BCUT2D eigenvalue weighted by Gasteiger charge is -2.36. The Morgan fingerprint density at radius 3 is 2.34 bits per heavy atom. The fourth-order valence-electron chi connectivity index (χ4n) is 4.73. The average Bonchev–Trinajstić information content (AvgIpc) is 3.28. The van der Waals surface area contributed by atoms with E-state index in [2.05, 4.69) is 19.1 Å². The van der Waals surface area contributed by atoms with Crippen molar-refractivity contribution in [3.05, 3.63) is 84.1 Å². The summed E-state index contributed by atoms with van der Waals surface area (Å²) in [6.45, 7) is 2.13. The van der Waals surface area contributed by atoms with Gasteiger partial charge in [-0.15, -0.1) is 0 Å². The first-order chi connectivity index (χ1) is 15.5. The molecule has 0 radical (unpaired) electrons. The van der Waals surface area contributed by atoms with Gasteiger partial charge in [-0.05, 0) is 30.5 Å². The van der Waals surface area contributed by atoms with E-state index in [1.54, 1.807) is 6.20 Å². The van der Waals surface area contributed by atoms with Gasteiger partial charge in [-0.2, -0.15) is 0 Å². The van der Waals surface area contributed by atoms with Gasteiger partial charge < -0.3 is 18.7 Å². The summed E-state index contributed by atoms with van der Waals surface area (Å²) in [6, 6.07) is 19.8. The first-order valence-electron chi connectivity index (χ1n) is 11.7. The summed E-state index contributed by atoms with van der Waals surface area (Å²) >= 11 is 0. The summed E-state index contributed by atoms with van der Waals surface area (Å²) in [5.41, 5.74) is -0.321. The van der Waals surface area contributed by atoms with E-state index in [0.717, 1.165) is 49.3 Å². The Balaban J connectivity index is 1.47. The number of hydrogen-bond acceptors (Lipinski definition) is 4. The van der Waals surface area contributed by atoms with Crippen LogP contribution in [0.3, 0.4) is 0 Å². The quantitative estimate of drug-likeness (QED) is 0.473. The van der Waals surface area contributed by atoms with Gasteiger partial charge in [0, 0.05) is 5.92 Å². The molecule has 0 amide bonds. The van der Waals surface area contributed by atoms with Crippen molar-refractivity contribution in [1.29, 1.82) is 0 Å². The zero-order valence-electron chi connectivity index (χ0n) is 19.2. The SMILES string of the molecule is C[N+](C)(CCOc1ccccc1)Cc1cnc([C@](O)(c2ccccc2)C2CCCCC2)o1. The Hall–Kier alpha value is -2.63. The van der Waals surface area contributed by atoms with Crippen LogP contribution in [0, 0.1) is 5.92 Å². The molecule has 1 heterocycles. The van der Waals surface area contributed by atoms with Gasteiger partial charge in [0.25, 0.3) is 0 Å². The van der Waals surface area contributed by atoms with E-state index >= 15 is 0 Å². The minimum absolute atomic E-state index is 0.118. The number of rotatable bonds is 9. The van der Waals surface area contributed by atoms with Crippen LogP contribution in [0.1, 0.15) is 49.3 Å². The maximum atomic E-state index is 12.0. The highest BCUT2D eigenvalue weighted by atomic mass is 16.5. The second-order valence-electron chi connectivity index (χ2n) is 9.58. The van der Waals surface area contributed by atoms with Gasteiger partial charge in [0.05, 0.1) is 20.3 Å².